The van der Waals surface area contributed by atoms with Gasteiger partial charge < -0.3 is 10.0 Å². The fourth-order valence-electron chi connectivity index (χ4n) is 3.38. The molecule has 0 saturated heterocycles. The van der Waals surface area contributed by atoms with Crippen LogP contribution in [0.4, 0.5) is 5.69 Å². The van der Waals surface area contributed by atoms with Gasteiger partial charge in [0.25, 0.3) is 0 Å². The van der Waals surface area contributed by atoms with Crippen LogP contribution >= 0.6 is 0 Å². The van der Waals surface area contributed by atoms with Crippen molar-refractivity contribution < 1.29 is 5.11 Å². The molecule has 0 saturated carbocycles. The molecule has 2 heteroatoms. The molecule has 0 amide bonds. The predicted molar refractivity (Wildman–Crippen MR) is 89.1 cm³/mol. The zero-order valence-electron chi connectivity index (χ0n) is 12.9. The summed E-state index contributed by atoms with van der Waals surface area (Å²) in [5, 5.41) is 10.7. The monoisotopic (exact) mass is 281 g/mol. The third-order valence-electron chi connectivity index (χ3n) is 4.42. The highest BCUT2D eigenvalue weighted by Gasteiger charge is 2.19. The van der Waals surface area contributed by atoms with Crippen molar-refractivity contribution in [3.05, 3.63) is 47.5 Å². The SMILES string of the molecule is CCCN(C)c1cccc(-c2cccc3c2CCC3)c1O. The highest BCUT2D eigenvalue weighted by atomic mass is 16.3. The fourth-order valence-corrected chi connectivity index (χ4v) is 3.38. The number of hydrogen-bond donors (Lipinski definition) is 1. The molecule has 0 aliphatic heterocycles. The Morgan fingerprint density at radius 1 is 1.05 bits per heavy atom. The molecule has 1 N–H and O–H groups in total. The van der Waals surface area contributed by atoms with Gasteiger partial charge in [-0.3, -0.25) is 0 Å². The predicted octanol–water partition coefficient (Wildman–Crippen LogP) is 4.39. The van der Waals surface area contributed by atoms with E-state index in [9.17, 15) is 5.11 Å². The maximum atomic E-state index is 10.7. The van der Waals surface area contributed by atoms with E-state index < -0.39 is 0 Å². The second-order valence-corrected chi connectivity index (χ2v) is 5.89. The average Bonchev–Trinajstić information content (AvgIpc) is 2.96. The first-order chi connectivity index (χ1) is 10.2. The molecule has 0 heterocycles. The summed E-state index contributed by atoms with van der Waals surface area (Å²) in [4.78, 5) is 2.13. The second kappa shape index (κ2) is 5.80. The van der Waals surface area contributed by atoms with E-state index in [1.165, 1.54) is 29.5 Å². The molecule has 1 aliphatic carbocycles. The van der Waals surface area contributed by atoms with E-state index in [1.54, 1.807) is 0 Å². The lowest BCUT2D eigenvalue weighted by atomic mass is 9.95. The Balaban J connectivity index is 2.08. The van der Waals surface area contributed by atoms with Gasteiger partial charge in [-0.2, -0.15) is 0 Å². The molecular formula is C19H23NO. The van der Waals surface area contributed by atoms with E-state index in [-0.39, 0.29) is 0 Å². The van der Waals surface area contributed by atoms with Gasteiger partial charge in [-0.25, -0.2) is 0 Å². The van der Waals surface area contributed by atoms with Crippen LogP contribution in [0, 0.1) is 0 Å². The van der Waals surface area contributed by atoms with Crippen molar-refractivity contribution in [1.82, 2.24) is 0 Å². The van der Waals surface area contributed by atoms with Gasteiger partial charge in [-0.05, 0) is 48.4 Å². The molecule has 21 heavy (non-hydrogen) atoms. The average molecular weight is 281 g/mol. The number of nitrogens with zero attached hydrogens (tertiary/aromatic N) is 1. The Morgan fingerprint density at radius 3 is 2.62 bits per heavy atom. The summed E-state index contributed by atoms with van der Waals surface area (Å²) >= 11 is 0. The third-order valence-corrected chi connectivity index (χ3v) is 4.42. The number of aromatic hydroxyl groups is 1. The first-order valence-electron chi connectivity index (χ1n) is 7.86. The van der Waals surface area contributed by atoms with Crippen molar-refractivity contribution in [3.63, 3.8) is 0 Å². The van der Waals surface area contributed by atoms with Crippen molar-refractivity contribution in [3.8, 4) is 16.9 Å². The lowest BCUT2D eigenvalue weighted by Crippen LogP contribution is -2.17. The van der Waals surface area contributed by atoms with Crippen molar-refractivity contribution in [2.24, 2.45) is 0 Å². The lowest BCUT2D eigenvalue weighted by molar-refractivity contribution is 0.476. The lowest BCUT2D eigenvalue weighted by Gasteiger charge is -2.21. The van der Waals surface area contributed by atoms with Crippen LogP contribution in [0.3, 0.4) is 0 Å². The summed E-state index contributed by atoms with van der Waals surface area (Å²) in [5.74, 6) is 0.411. The Kier molecular flexibility index (Phi) is 3.87. The quantitative estimate of drug-likeness (QED) is 0.898. The van der Waals surface area contributed by atoms with Gasteiger partial charge in [0.2, 0.25) is 0 Å². The van der Waals surface area contributed by atoms with E-state index in [0.29, 0.717) is 5.75 Å². The normalized spacial score (nSPS) is 13.2. The number of aryl methyl sites for hydroxylation is 1. The highest BCUT2D eigenvalue weighted by Crippen LogP contribution is 2.41. The molecule has 0 bridgehead atoms. The summed E-state index contributed by atoms with van der Waals surface area (Å²) in [6.45, 7) is 3.10. The number of fused-ring (bicyclic) bond motifs is 1. The maximum Gasteiger partial charge on any atom is 0.146 e. The van der Waals surface area contributed by atoms with Gasteiger partial charge in [0, 0.05) is 19.2 Å². The zero-order chi connectivity index (χ0) is 14.8. The molecule has 0 spiro atoms. The van der Waals surface area contributed by atoms with Crippen molar-refractivity contribution in [2.45, 2.75) is 32.6 Å². The number of anilines is 1. The Bertz CT molecular complexity index is 648. The first-order valence-corrected chi connectivity index (χ1v) is 7.86. The molecular weight excluding hydrogens is 258 g/mol. The van der Waals surface area contributed by atoms with Crippen LogP contribution in [-0.2, 0) is 12.8 Å². The van der Waals surface area contributed by atoms with Crippen LogP contribution in [0.5, 0.6) is 5.75 Å². The number of hydrogen-bond acceptors (Lipinski definition) is 2. The minimum atomic E-state index is 0.411. The molecule has 2 aromatic rings. The largest absolute Gasteiger partial charge is 0.505 e. The zero-order valence-corrected chi connectivity index (χ0v) is 12.9. The van der Waals surface area contributed by atoms with Crippen LogP contribution in [0.2, 0.25) is 0 Å². The molecule has 3 rings (SSSR count). The number of phenolic OH excluding ortho intramolecular Hbond substituents is 1. The third kappa shape index (κ3) is 2.51. The van der Waals surface area contributed by atoms with Crippen LogP contribution < -0.4 is 4.90 Å². The minimum Gasteiger partial charge on any atom is -0.505 e. The standard InChI is InChI=1S/C19H23NO/c1-3-13-20(2)18-12-6-11-17(19(18)21)16-10-5-8-14-7-4-9-15(14)16/h5-6,8,10-12,21H,3-4,7,9,13H2,1-2H3. The summed E-state index contributed by atoms with van der Waals surface area (Å²) in [6, 6.07) is 12.6. The van der Waals surface area contributed by atoms with E-state index in [1.807, 2.05) is 25.2 Å². The molecule has 0 fully saturated rings. The molecule has 1 aliphatic rings. The number of benzene rings is 2. The Hall–Kier alpha value is -1.96. The van der Waals surface area contributed by atoms with Crippen LogP contribution in [-0.4, -0.2) is 18.7 Å². The van der Waals surface area contributed by atoms with Gasteiger partial charge in [0.05, 0.1) is 5.69 Å². The molecule has 0 radical (unpaired) electrons. The van der Waals surface area contributed by atoms with Crippen molar-refractivity contribution >= 4 is 5.69 Å². The summed E-state index contributed by atoms with van der Waals surface area (Å²) in [5.41, 5.74) is 5.95. The highest BCUT2D eigenvalue weighted by molar-refractivity contribution is 5.80. The van der Waals surface area contributed by atoms with Crippen LogP contribution in [0.1, 0.15) is 30.9 Å². The van der Waals surface area contributed by atoms with E-state index in [2.05, 4.69) is 30.0 Å². The molecule has 2 nitrogen and oxygen atoms in total. The van der Waals surface area contributed by atoms with Crippen molar-refractivity contribution in [1.29, 1.82) is 0 Å². The smallest absolute Gasteiger partial charge is 0.146 e. The molecule has 110 valence electrons. The molecule has 0 atom stereocenters. The number of rotatable bonds is 4. The Labute approximate surface area is 127 Å². The topological polar surface area (TPSA) is 23.5 Å². The number of phenols is 1. The van der Waals surface area contributed by atoms with E-state index >= 15 is 0 Å². The van der Waals surface area contributed by atoms with Gasteiger partial charge >= 0.3 is 0 Å². The van der Waals surface area contributed by atoms with Gasteiger partial charge in [-0.15, -0.1) is 0 Å². The first kappa shape index (κ1) is 14.0. The van der Waals surface area contributed by atoms with Gasteiger partial charge in [0.15, 0.2) is 0 Å². The minimum absolute atomic E-state index is 0.411. The summed E-state index contributed by atoms with van der Waals surface area (Å²) < 4.78 is 0. The van der Waals surface area contributed by atoms with Crippen LogP contribution in [0.15, 0.2) is 36.4 Å². The number of para-hydroxylation sites is 1. The second-order valence-electron chi connectivity index (χ2n) is 5.89. The maximum absolute atomic E-state index is 10.7. The molecule has 2 aromatic carbocycles. The summed E-state index contributed by atoms with van der Waals surface area (Å²) in [6.07, 6.45) is 4.59. The molecule has 0 aromatic heterocycles. The van der Waals surface area contributed by atoms with Crippen molar-refractivity contribution in [2.75, 3.05) is 18.5 Å². The Morgan fingerprint density at radius 2 is 1.81 bits per heavy atom. The molecule has 0 unspecified atom stereocenters. The van der Waals surface area contributed by atoms with E-state index in [4.69, 9.17) is 0 Å². The van der Waals surface area contributed by atoms with Gasteiger partial charge in [-0.1, -0.05) is 37.3 Å². The van der Waals surface area contributed by atoms with E-state index in [0.717, 1.165) is 30.6 Å². The summed E-state index contributed by atoms with van der Waals surface area (Å²) in [7, 11) is 2.04. The van der Waals surface area contributed by atoms with Crippen LogP contribution in [0.25, 0.3) is 11.1 Å². The fraction of sp³-hybridized carbons (Fsp3) is 0.368. The van der Waals surface area contributed by atoms with Gasteiger partial charge in [0.1, 0.15) is 5.75 Å².